The van der Waals surface area contributed by atoms with Crippen LogP contribution in [0.2, 0.25) is 0 Å². The third-order valence-corrected chi connectivity index (χ3v) is 4.17. The zero-order chi connectivity index (χ0) is 15.8. The second-order valence-electron chi connectivity index (χ2n) is 6.19. The van der Waals surface area contributed by atoms with Gasteiger partial charge in [0.1, 0.15) is 0 Å². The van der Waals surface area contributed by atoms with Gasteiger partial charge in [0, 0.05) is 6.54 Å². The molecule has 0 fully saturated rings. The Kier molecular flexibility index (Phi) is 7.73. The van der Waals surface area contributed by atoms with Gasteiger partial charge in [0.2, 0.25) is 0 Å². The molecule has 0 bridgehead atoms. The highest BCUT2D eigenvalue weighted by atomic mass is 32.1. The molecule has 3 heteroatoms. The summed E-state index contributed by atoms with van der Waals surface area (Å²) in [7, 11) is 0. The highest BCUT2D eigenvalue weighted by molar-refractivity contribution is 7.80. The molecule has 0 amide bonds. The van der Waals surface area contributed by atoms with Crippen LogP contribution in [0.3, 0.4) is 0 Å². The molecule has 2 N–H and O–H groups in total. The Morgan fingerprint density at radius 3 is 2.05 bits per heavy atom. The van der Waals surface area contributed by atoms with Gasteiger partial charge in [0.15, 0.2) is 5.11 Å². The molecule has 21 heavy (non-hydrogen) atoms. The van der Waals surface area contributed by atoms with Crippen molar-refractivity contribution < 1.29 is 0 Å². The molecule has 0 heterocycles. The summed E-state index contributed by atoms with van der Waals surface area (Å²) in [5, 5.41) is 7.45. The molecule has 1 rings (SSSR count). The van der Waals surface area contributed by atoms with E-state index >= 15 is 0 Å². The first-order valence-electron chi connectivity index (χ1n) is 8.12. The van der Waals surface area contributed by atoms with Crippen LogP contribution < -0.4 is 10.6 Å². The zero-order valence-corrected chi connectivity index (χ0v) is 14.9. The lowest BCUT2D eigenvalue weighted by atomic mass is 9.95. The van der Waals surface area contributed by atoms with Crippen LogP contribution in [0.4, 0.5) is 0 Å². The highest BCUT2D eigenvalue weighted by Gasteiger charge is 2.11. The van der Waals surface area contributed by atoms with Gasteiger partial charge >= 0.3 is 0 Å². The minimum atomic E-state index is 0.281. The Balaban J connectivity index is 2.65. The van der Waals surface area contributed by atoms with Crippen molar-refractivity contribution in [3.05, 3.63) is 35.4 Å². The first-order valence-corrected chi connectivity index (χ1v) is 8.52. The monoisotopic (exact) mass is 306 g/mol. The van der Waals surface area contributed by atoms with Crippen molar-refractivity contribution in [1.29, 1.82) is 0 Å². The Morgan fingerprint density at radius 1 is 1.00 bits per heavy atom. The molecule has 1 aromatic carbocycles. The molecule has 118 valence electrons. The molecule has 0 saturated heterocycles. The van der Waals surface area contributed by atoms with Gasteiger partial charge in [-0.3, -0.25) is 0 Å². The van der Waals surface area contributed by atoms with Gasteiger partial charge in [-0.05, 0) is 48.0 Å². The van der Waals surface area contributed by atoms with Crippen molar-refractivity contribution in [2.75, 3.05) is 6.54 Å². The van der Waals surface area contributed by atoms with E-state index in [2.05, 4.69) is 69.5 Å². The molecular weight excluding hydrogens is 276 g/mol. The molecule has 0 spiro atoms. The summed E-state index contributed by atoms with van der Waals surface area (Å²) in [6, 6.07) is 9.24. The predicted octanol–water partition coefficient (Wildman–Crippen LogP) is 4.77. The van der Waals surface area contributed by atoms with Crippen LogP contribution >= 0.6 is 12.2 Å². The van der Waals surface area contributed by atoms with Gasteiger partial charge in [0.25, 0.3) is 0 Å². The number of benzene rings is 1. The van der Waals surface area contributed by atoms with E-state index < -0.39 is 0 Å². The van der Waals surface area contributed by atoms with Crippen molar-refractivity contribution in [2.45, 2.75) is 59.4 Å². The highest BCUT2D eigenvalue weighted by Crippen LogP contribution is 2.22. The first kappa shape index (κ1) is 18.0. The van der Waals surface area contributed by atoms with Crippen LogP contribution in [-0.4, -0.2) is 11.7 Å². The smallest absolute Gasteiger partial charge is 0.166 e. The van der Waals surface area contributed by atoms with E-state index in [1.165, 1.54) is 17.5 Å². The number of rotatable bonds is 7. The Bertz CT molecular complexity index is 425. The summed E-state index contributed by atoms with van der Waals surface area (Å²) in [6.45, 7) is 12.0. The van der Waals surface area contributed by atoms with Gasteiger partial charge in [-0.1, -0.05) is 58.9 Å². The SMILES string of the molecule is CCC(C)c1ccc(C(CC)NC(=S)NCC(C)C)cc1. The van der Waals surface area contributed by atoms with E-state index in [0.717, 1.165) is 18.1 Å². The Hall–Kier alpha value is -1.09. The minimum Gasteiger partial charge on any atom is -0.362 e. The molecule has 2 unspecified atom stereocenters. The van der Waals surface area contributed by atoms with Gasteiger partial charge in [0.05, 0.1) is 6.04 Å². The maximum absolute atomic E-state index is 5.38. The number of thiocarbonyl (C=S) groups is 1. The number of hydrogen-bond donors (Lipinski definition) is 2. The maximum Gasteiger partial charge on any atom is 0.166 e. The fraction of sp³-hybridized carbons (Fsp3) is 0.611. The maximum atomic E-state index is 5.38. The van der Waals surface area contributed by atoms with Crippen LogP contribution in [0.15, 0.2) is 24.3 Å². The minimum absolute atomic E-state index is 0.281. The topological polar surface area (TPSA) is 24.1 Å². The Labute approximate surface area is 135 Å². The Morgan fingerprint density at radius 2 is 1.57 bits per heavy atom. The molecule has 0 aliphatic heterocycles. The second-order valence-corrected chi connectivity index (χ2v) is 6.59. The van der Waals surface area contributed by atoms with Crippen LogP contribution in [0, 0.1) is 5.92 Å². The van der Waals surface area contributed by atoms with Gasteiger partial charge < -0.3 is 10.6 Å². The summed E-state index contributed by atoms with van der Waals surface area (Å²) < 4.78 is 0. The lowest BCUT2D eigenvalue weighted by Gasteiger charge is -2.21. The molecule has 0 aromatic heterocycles. The molecule has 0 aliphatic carbocycles. The fourth-order valence-corrected chi connectivity index (χ4v) is 2.45. The molecular formula is C18H30N2S. The quantitative estimate of drug-likeness (QED) is 0.709. The summed E-state index contributed by atoms with van der Waals surface area (Å²) >= 11 is 5.38. The van der Waals surface area contributed by atoms with Gasteiger partial charge in [-0.15, -0.1) is 0 Å². The summed E-state index contributed by atoms with van der Waals surface area (Å²) in [4.78, 5) is 0. The van der Waals surface area contributed by atoms with E-state index in [1.807, 2.05) is 0 Å². The molecule has 0 aliphatic rings. The average molecular weight is 307 g/mol. The van der Waals surface area contributed by atoms with Crippen LogP contribution in [-0.2, 0) is 0 Å². The summed E-state index contributed by atoms with van der Waals surface area (Å²) in [5.74, 6) is 1.22. The van der Waals surface area contributed by atoms with Crippen molar-refractivity contribution in [1.82, 2.24) is 10.6 Å². The van der Waals surface area contributed by atoms with Crippen molar-refractivity contribution in [3.63, 3.8) is 0 Å². The standard InChI is InChI=1S/C18H30N2S/c1-6-14(5)15-8-10-16(11-9-15)17(7-2)20-18(21)19-12-13(3)4/h8-11,13-14,17H,6-7,12H2,1-5H3,(H2,19,20,21). The van der Waals surface area contributed by atoms with E-state index in [4.69, 9.17) is 12.2 Å². The molecule has 0 saturated carbocycles. The second kappa shape index (κ2) is 9.04. The van der Waals surface area contributed by atoms with Crippen molar-refractivity contribution >= 4 is 17.3 Å². The molecule has 0 radical (unpaired) electrons. The van der Waals surface area contributed by atoms with E-state index in [0.29, 0.717) is 11.8 Å². The zero-order valence-electron chi connectivity index (χ0n) is 14.1. The van der Waals surface area contributed by atoms with E-state index in [9.17, 15) is 0 Å². The van der Waals surface area contributed by atoms with Crippen LogP contribution in [0.25, 0.3) is 0 Å². The number of nitrogens with one attached hydrogen (secondary N) is 2. The van der Waals surface area contributed by atoms with Gasteiger partial charge in [-0.2, -0.15) is 0 Å². The molecule has 2 nitrogen and oxygen atoms in total. The largest absolute Gasteiger partial charge is 0.362 e. The molecule has 2 atom stereocenters. The predicted molar refractivity (Wildman–Crippen MR) is 96.8 cm³/mol. The van der Waals surface area contributed by atoms with E-state index in [1.54, 1.807) is 0 Å². The van der Waals surface area contributed by atoms with Crippen LogP contribution in [0.5, 0.6) is 0 Å². The first-order chi connectivity index (χ1) is 9.97. The molecule has 1 aromatic rings. The normalized spacial score (nSPS) is 13.8. The van der Waals surface area contributed by atoms with Crippen molar-refractivity contribution in [3.8, 4) is 0 Å². The van der Waals surface area contributed by atoms with Crippen LogP contribution in [0.1, 0.15) is 70.5 Å². The fourth-order valence-electron chi connectivity index (χ4n) is 2.22. The lowest BCUT2D eigenvalue weighted by Crippen LogP contribution is -2.39. The third-order valence-electron chi connectivity index (χ3n) is 3.90. The van der Waals surface area contributed by atoms with E-state index in [-0.39, 0.29) is 6.04 Å². The summed E-state index contributed by atoms with van der Waals surface area (Å²) in [5.41, 5.74) is 2.72. The summed E-state index contributed by atoms with van der Waals surface area (Å²) in [6.07, 6.45) is 2.20. The van der Waals surface area contributed by atoms with Crippen molar-refractivity contribution in [2.24, 2.45) is 5.92 Å². The lowest BCUT2D eigenvalue weighted by molar-refractivity contribution is 0.587. The average Bonchev–Trinajstić information content (AvgIpc) is 2.50. The van der Waals surface area contributed by atoms with Gasteiger partial charge in [-0.25, -0.2) is 0 Å². The number of hydrogen-bond acceptors (Lipinski definition) is 1. The third kappa shape index (κ3) is 6.04.